The van der Waals surface area contributed by atoms with Gasteiger partial charge in [0.25, 0.3) is 0 Å². The molecule has 24 heavy (non-hydrogen) atoms. The Morgan fingerprint density at radius 3 is 2.42 bits per heavy atom. The van der Waals surface area contributed by atoms with Crippen LogP contribution in [0, 0.1) is 11.6 Å². The molecular weight excluding hydrogens is 318 g/mol. The Balaban J connectivity index is 2.19. The summed E-state index contributed by atoms with van der Waals surface area (Å²) in [6.45, 7) is 0.175. The highest BCUT2D eigenvalue weighted by molar-refractivity contribution is 5.92. The molecule has 0 aliphatic rings. The topological polar surface area (TPSA) is 81.4 Å². The van der Waals surface area contributed by atoms with Crippen LogP contribution in [0.1, 0.15) is 27.5 Å². The Bertz CT molecular complexity index is 748. The summed E-state index contributed by atoms with van der Waals surface area (Å²) in [6.07, 6.45) is 0. The number of amides is 1. The van der Waals surface area contributed by atoms with Crippen LogP contribution in [0.25, 0.3) is 0 Å². The number of rotatable bonds is 6. The molecule has 0 aliphatic heterocycles. The zero-order valence-electron chi connectivity index (χ0n) is 12.9. The first-order valence-electron chi connectivity index (χ1n) is 7.07. The van der Waals surface area contributed by atoms with Crippen molar-refractivity contribution >= 4 is 11.9 Å². The predicted octanol–water partition coefficient (Wildman–Crippen LogP) is 2.07. The molecular formula is C17H16F2N2O3. The van der Waals surface area contributed by atoms with Crippen molar-refractivity contribution in [1.82, 2.24) is 5.32 Å². The minimum Gasteiger partial charge on any atom is -0.468 e. The quantitative estimate of drug-likeness (QED) is 0.793. The molecule has 0 fully saturated rings. The lowest BCUT2D eigenvalue weighted by atomic mass is 10.0. The largest absolute Gasteiger partial charge is 0.468 e. The van der Waals surface area contributed by atoms with Crippen LogP contribution in [0.5, 0.6) is 0 Å². The number of methoxy groups -OCH3 is 1. The molecule has 1 amide bonds. The summed E-state index contributed by atoms with van der Waals surface area (Å²) in [5.41, 5.74) is 6.09. The van der Waals surface area contributed by atoms with Crippen molar-refractivity contribution in [2.24, 2.45) is 5.73 Å². The molecule has 0 unspecified atom stereocenters. The Labute approximate surface area is 137 Å². The van der Waals surface area contributed by atoms with E-state index in [1.807, 2.05) is 0 Å². The van der Waals surface area contributed by atoms with Crippen LogP contribution >= 0.6 is 0 Å². The van der Waals surface area contributed by atoms with E-state index in [0.717, 1.165) is 30.9 Å². The van der Waals surface area contributed by atoms with E-state index in [2.05, 4.69) is 10.1 Å². The fraction of sp³-hybridized carbons (Fsp3) is 0.176. The number of halogens is 2. The first kappa shape index (κ1) is 17.6. The van der Waals surface area contributed by atoms with Crippen molar-refractivity contribution < 1.29 is 23.1 Å². The van der Waals surface area contributed by atoms with Gasteiger partial charge in [0.05, 0.1) is 7.11 Å². The van der Waals surface area contributed by atoms with Gasteiger partial charge in [-0.25, -0.2) is 13.6 Å². The highest BCUT2D eigenvalue weighted by Crippen LogP contribution is 2.20. The average Bonchev–Trinajstić information content (AvgIpc) is 2.58. The van der Waals surface area contributed by atoms with Gasteiger partial charge in [0.2, 0.25) is 5.91 Å². The second-order valence-electron chi connectivity index (χ2n) is 5.06. The first-order chi connectivity index (χ1) is 11.4. The van der Waals surface area contributed by atoms with Crippen molar-refractivity contribution in [1.29, 1.82) is 0 Å². The Kier molecular flexibility index (Phi) is 5.59. The minimum atomic E-state index is -1.17. The molecule has 0 bridgehead atoms. The molecule has 1 atom stereocenters. The summed E-state index contributed by atoms with van der Waals surface area (Å²) in [4.78, 5) is 22.9. The molecule has 0 saturated carbocycles. The van der Waals surface area contributed by atoms with Crippen molar-refractivity contribution in [2.45, 2.75) is 12.6 Å². The number of primary amides is 1. The third-order valence-corrected chi connectivity index (χ3v) is 3.45. The van der Waals surface area contributed by atoms with Gasteiger partial charge >= 0.3 is 5.97 Å². The lowest BCUT2D eigenvalue weighted by molar-refractivity contribution is -0.143. The van der Waals surface area contributed by atoms with Crippen molar-refractivity contribution in [3.05, 3.63) is 70.8 Å². The van der Waals surface area contributed by atoms with Crippen LogP contribution in [0.2, 0.25) is 0 Å². The molecule has 2 aromatic carbocycles. The van der Waals surface area contributed by atoms with Crippen molar-refractivity contribution in [3.63, 3.8) is 0 Å². The number of nitrogens with one attached hydrogen (secondary N) is 1. The number of hydrogen-bond acceptors (Lipinski definition) is 4. The van der Waals surface area contributed by atoms with Gasteiger partial charge in [0.1, 0.15) is 17.7 Å². The molecule has 0 heterocycles. The second-order valence-corrected chi connectivity index (χ2v) is 5.06. The normalized spacial score (nSPS) is 11.8. The molecule has 0 radical (unpaired) electrons. The van der Waals surface area contributed by atoms with Crippen LogP contribution in [-0.4, -0.2) is 19.0 Å². The number of esters is 1. The van der Waals surface area contributed by atoms with Gasteiger partial charge in [-0.05, 0) is 35.9 Å². The molecule has 0 spiro atoms. The van der Waals surface area contributed by atoms with Crippen LogP contribution in [-0.2, 0) is 16.1 Å². The van der Waals surface area contributed by atoms with E-state index < -0.39 is 29.6 Å². The molecule has 5 nitrogen and oxygen atoms in total. The Morgan fingerprint density at radius 2 is 1.83 bits per heavy atom. The molecule has 0 aromatic heterocycles. The summed E-state index contributed by atoms with van der Waals surface area (Å²) >= 11 is 0. The van der Waals surface area contributed by atoms with Gasteiger partial charge in [0.15, 0.2) is 0 Å². The number of benzene rings is 2. The van der Waals surface area contributed by atoms with Gasteiger partial charge < -0.3 is 10.5 Å². The van der Waals surface area contributed by atoms with E-state index in [1.54, 1.807) is 12.1 Å². The fourth-order valence-corrected chi connectivity index (χ4v) is 2.18. The van der Waals surface area contributed by atoms with E-state index in [9.17, 15) is 18.4 Å². The summed E-state index contributed by atoms with van der Waals surface area (Å²) in [5.74, 6) is -2.67. The Morgan fingerprint density at radius 1 is 1.17 bits per heavy atom. The predicted molar refractivity (Wildman–Crippen MR) is 82.9 cm³/mol. The van der Waals surface area contributed by atoms with Gasteiger partial charge in [-0.1, -0.05) is 12.1 Å². The molecule has 7 heteroatoms. The zero-order chi connectivity index (χ0) is 17.7. The monoisotopic (exact) mass is 334 g/mol. The first-order valence-corrected chi connectivity index (χ1v) is 7.07. The van der Waals surface area contributed by atoms with E-state index in [-0.39, 0.29) is 12.1 Å². The maximum atomic E-state index is 13.9. The van der Waals surface area contributed by atoms with Crippen LogP contribution in [0.3, 0.4) is 0 Å². The van der Waals surface area contributed by atoms with Crippen molar-refractivity contribution in [2.75, 3.05) is 7.11 Å². The van der Waals surface area contributed by atoms with E-state index in [1.165, 1.54) is 12.1 Å². The summed E-state index contributed by atoms with van der Waals surface area (Å²) in [5, 5.41) is 2.82. The zero-order valence-corrected chi connectivity index (χ0v) is 12.9. The molecule has 3 N–H and O–H groups in total. The van der Waals surface area contributed by atoms with Crippen molar-refractivity contribution in [3.8, 4) is 0 Å². The van der Waals surface area contributed by atoms with Gasteiger partial charge in [-0.15, -0.1) is 0 Å². The highest BCUT2D eigenvalue weighted by Gasteiger charge is 2.24. The lowest BCUT2D eigenvalue weighted by Crippen LogP contribution is -2.30. The third-order valence-electron chi connectivity index (χ3n) is 3.45. The maximum Gasteiger partial charge on any atom is 0.327 e. The number of nitrogens with two attached hydrogens (primary N) is 1. The molecule has 0 aliphatic carbocycles. The van der Waals surface area contributed by atoms with E-state index in [0.29, 0.717) is 5.56 Å². The molecule has 2 aromatic rings. The number of hydrogen-bond donors (Lipinski definition) is 2. The van der Waals surface area contributed by atoms with E-state index >= 15 is 0 Å². The number of carbonyl (C=O) groups is 2. The highest BCUT2D eigenvalue weighted by atomic mass is 19.1. The second kappa shape index (κ2) is 7.65. The number of ether oxygens (including phenoxy) is 1. The molecule has 0 saturated heterocycles. The third kappa shape index (κ3) is 4.14. The maximum absolute atomic E-state index is 13.9. The summed E-state index contributed by atoms with van der Waals surface area (Å²) in [6, 6.07) is 8.05. The van der Waals surface area contributed by atoms with Gasteiger partial charge in [-0.3, -0.25) is 10.1 Å². The summed E-state index contributed by atoms with van der Waals surface area (Å²) < 4.78 is 31.9. The average molecular weight is 334 g/mol. The van der Waals surface area contributed by atoms with Gasteiger partial charge in [0, 0.05) is 17.7 Å². The fourth-order valence-electron chi connectivity index (χ4n) is 2.18. The number of carbonyl (C=O) groups excluding carboxylic acids is 2. The van der Waals surface area contributed by atoms with Gasteiger partial charge in [-0.2, -0.15) is 0 Å². The standard InChI is InChI=1S/C17H16F2N2O3/c1-24-17(23)15(13-8-12(18)6-7-14(13)19)21-9-10-2-4-11(5-3-10)16(20)22/h2-8,15,21H,9H2,1H3,(H2,20,22)/t15-/m0/s1. The van der Waals surface area contributed by atoms with Crippen LogP contribution in [0.15, 0.2) is 42.5 Å². The summed E-state index contributed by atoms with van der Waals surface area (Å²) in [7, 11) is 1.16. The van der Waals surface area contributed by atoms with Crippen LogP contribution in [0.4, 0.5) is 8.78 Å². The van der Waals surface area contributed by atoms with Crippen LogP contribution < -0.4 is 11.1 Å². The Hall–Kier alpha value is -2.80. The lowest BCUT2D eigenvalue weighted by Gasteiger charge is -2.17. The smallest absolute Gasteiger partial charge is 0.327 e. The minimum absolute atomic E-state index is 0.143. The van der Waals surface area contributed by atoms with E-state index in [4.69, 9.17) is 5.73 Å². The molecule has 2 rings (SSSR count). The SMILES string of the molecule is COC(=O)[C@@H](NCc1ccc(C(N)=O)cc1)c1cc(F)ccc1F. The molecule has 126 valence electrons.